The Kier molecular flexibility index (Phi) is 45.6. The van der Waals surface area contributed by atoms with E-state index in [9.17, 15) is 48.6 Å². The topological polar surface area (TPSA) is 297 Å². The highest BCUT2D eigenvalue weighted by Gasteiger charge is 2.37. The molecule has 2 unspecified atom stereocenters. The molecule has 0 spiro atoms. The Balaban J connectivity index is -0.000000470. The van der Waals surface area contributed by atoms with E-state index >= 15 is 0 Å². The maximum atomic E-state index is 11.3. The van der Waals surface area contributed by atoms with Crippen LogP contribution < -0.4 is 0 Å². The van der Waals surface area contributed by atoms with E-state index in [1.807, 2.05) is 13.8 Å². The fraction of sp³-hybridized carbons (Fsp3) is 0.389. The maximum absolute atomic E-state index is 11.3. The predicted molar refractivity (Wildman–Crippen MR) is 279 cm³/mol. The maximum Gasteiger partial charge on any atom is 0.330 e. The van der Waals surface area contributed by atoms with Crippen LogP contribution in [0.4, 0.5) is 0 Å². The molecule has 0 aromatic carbocycles. The first-order valence-electron chi connectivity index (χ1n) is 22.5. The number of ether oxygens (including phenoxy) is 9. The summed E-state index contributed by atoms with van der Waals surface area (Å²) in [5, 5.41) is 19.4. The predicted octanol–water partition coefficient (Wildman–Crippen LogP) is 4.80. The molecule has 0 amide bonds. The first kappa shape index (κ1) is 75.5. The lowest BCUT2D eigenvalue weighted by molar-refractivity contribution is -0.316. The lowest BCUT2D eigenvalue weighted by atomic mass is 9.92. The first-order valence-corrected chi connectivity index (χ1v) is 22.5. The van der Waals surface area contributed by atoms with Gasteiger partial charge < -0.3 is 57.7 Å². The Bertz CT molecular complexity index is 1880. The van der Waals surface area contributed by atoms with Crippen molar-refractivity contribution in [1.29, 1.82) is 0 Å². The van der Waals surface area contributed by atoms with Gasteiger partial charge in [-0.1, -0.05) is 95.3 Å². The summed E-state index contributed by atoms with van der Waals surface area (Å²) in [5.74, 6) is -5.28. The zero-order valence-electron chi connectivity index (χ0n) is 44.4. The molecule has 0 aliphatic rings. The molecule has 23 nitrogen and oxygen atoms in total. The Labute approximate surface area is 449 Å². The zero-order chi connectivity index (χ0) is 59.8. The van der Waals surface area contributed by atoms with Gasteiger partial charge in [0, 0.05) is 61.4 Å². The van der Waals surface area contributed by atoms with Gasteiger partial charge in [-0.25, -0.2) is 48.1 Å². The minimum atomic E-state index is -1.88. The summed E-state index contributed by atoms with van der Waals surface area (Å²) in [5.41, 5.74) is 1.29. The second-order valence-corrected chi connectivity index (χ2v) is 15.3. The average Bonchev–Trinajstić information content (AvgIpc) is 3.42. The summed E-state index contributed by atoms with van der Waals surface area (Å²) in [7, 11) is 0. The Morgan fingerprint density at radius 2 is 0.818 bits per heavy atom. The van der Waals surface area contributed by atoms with E-state index in [0.717, 1.165) is 59.8 Å². The van der Waals surface area contributed by atoms with E-state index in [-0.39, 0.29) is 58.3 Å². The van der Waals surface area contributed by atoms with Gasteiger partial charge in [0.25, 0.3) is 0 Å². The van der Waals surface area contributed by atoms with Crippen LogP contribution in [0.5, 0.6) is 0 Å². The van der Waals surface area contributed by atoms with Gasteiger partial charge in [-0.05, 0) is 20.8 Å². The normalized spacial score (nSPS) is 10.7. The number of rotatable bonds is 38. The number of aliphatic hydroxyl groups excluding tert-OH is 1. The summed E-state index contributed by atoms with van der Waals surface area (Å²) in [6, 6.07) is 0. The molecule has 0 fully saturated rings. The molecule has 0 aliphatic heterocycles. The summed E-state index contributed by atoms with van der Waals surface area (Å²) < 4.78 is 44.2. The molecule has 0 aromatic rings. The summed E-state index contributed by atoms with van der Waals surface area (Å²) in [6.45, 7) is 45.7. The van der Waals surface area contributed by atoms with Crippen LogP contribution in [0.1, 0.15) is 27.7 Å². The third-order valence-corrected chi connectivity index (χ3v) is 8.23. The van der Waals surface area contributed by atoms with Crippen molar-refractivity contribution in [1.82, 2.24) is 0 Å². The van der Waals surface area contributed by atoms with Crippen molar-refractivity contribution in [3.05, 3.63) is 156 Å². The van der Waals surface area contributed by atoms with Crippen molar-refractivity contribution in [2.45, 2.75) is 45.5 Å². The van der Waals surface area contributed by atoms with Crippen LogP contribution in [0.2, 0.25) is 0 Å². The minimum Gasteiger partial charge on any atom is -0.462 e. The van der Waals surface area contributed by atoms with E-state index in [4.69, 9.17) is 28.4 Å². The van der Waals surface area contributed by atoms with Crippen molar-refractivity contribution in [2.75, 3.05) is 79.3 Å². The van der Waals surface area contributed by atoms with Crippen LogP contribution in [-0.2, 0) is 101 Å². The highest BCUT2D eigenvalue weighted by Crippen LogP contribution is 2.22. The highest BCUT2D eigenvalue weighted by atomic mass is 17.2. The molecule has 428 valence electrons. The number of hydrogen-bond acceptors (Lipinski definition) is 23. The van der Waals surface area contributed by atoms with Crippen LogP contribution in [0, 0.1) is 11.3 Å². The van der Waals surface area contributed by atoms with Gasteiger partial charge in [-0.2, -0.15) is 4.89 Å². The van der Waals surface area contributed by atoms with Crippen molar-refractivity contribution in [2.24, 2.45) is 11.3 Å². The largest absolute Gasteiger partial charge is 0.462 e. The lowest BCUT2D eigenvalue weighted by Gasteiger charge is -2.31. The summed E-state index contributed by atoms with van der Waals surface area (Å²) in [6.07, 6.45) is 7.94. The third kappa shape index (κ3) is 44.0. The third-order valence-electron chi connectivity index (χ3n) is 8.23. The summed E-state index contributed by atoms with van der Waals surface area (Å²) in [4.78, 5) is 108. The van der Waals surface area contributed by atoms with E-state index in [2.05, 4.69) is 118 Å². The number of allylic oxidation sites excluding steroid dienone is 1. The number of esters is 8. The molecule has 77 heavy (non-hydrogen) atoms. The quantitative estimate of drug-likeness (QED) is 0.00965. The van der Waals surface area contributed by atoms with Crippen molar-refractivity contribution in [3.63, 3.8) is 0 Å². The minimum absolute atomic E-state index is 0.00590. The fourth-order valence-corrected chi connectivity index (χ4v) is 4.14. The molecule has 2 N–H and O–H groups in total. The van der Waals surface area contributed by atoms with Gasteiger partial charge in [0.1, 0.15) is 83.7 Å². The second-order valence-electron chi connectivity index (χ2n) is 15.3. The second kappa shape index (κ2) is 46.5. The molecule has 0 rings (SSSR count). The number of aliphatic hydroxyl groups is 2. The SMILES string of the molecule is C=C=C(C)OOCC(O)COOCC=C.C=CC(=O)OC(C)COCC(C(=C)C)C(=C)C.C=CC(=O)OCC(COC(=O)C=C)(COC(=O)C=C)COC(=O)C=C.C=CC(=O)OCC(O)(COC(=O)C=C)COC(=O)C=C. The zero-order valence-corrected chi connectivity index (χ0v) is 44.4. The lowest BCUT2D eigenvalue weighted by Crippen LogP contribution is -2.45. The summed E-state index contributed by atoms with van der Waals surface area (Å²) >= 11 is 0. The van der Waals surface area contributed by atoms with Crippen molar-refractivity contribution < 1.29 is 111 Å². The van der Waals surface area contributed by atoms with Crippen molar-refractivity contribution >= 4 is 47.8 Å². The van der Waals surface area contributed by atoms with Crippen LogP contribution in [-0.4, -0.2) is 155 Å². The number of hydrogen-bond donors (Lipinski definition) is 2. The molecule has 0 radical (unpaired) electrons. The Morgan fingerprint density at radius 3 is 1.12 bits per heavy atom. The molecule has 0 bridgehead atoms. The molecule has 0 aliphatic carbocycles. The van der Waals surface area contributed by atoms with Gasteiger partial charge >= 0.3 is 47.8 Å². The smallest absolute Gasteiger partial charge is 0.330 e. The van der Waals surface area contributed by atoms with E-state index < -0.39 is 84.7 Å². The molecular formula is C54H74O23. The van der Waals surface area contributed by atoms with Crippen molar-refractivity contribution in [3.8, 4) is 0 Å². The molecule has 0 saturated carbocycles. The monoisotopic (exact) mass is 1090 g/mol. The van der Waals surface area contributed by atoms with Crippen LogP contribution >= 0.6 is 0 Å². The standard InChI is InChI=1S/C17H20O8.C14H22O3.C13H16O7.C10H16O5/c1-5-13(18)22-9-17(10-23-14(19)6-2,11-24-15(20)7-3)12-25-16(21)8-4;1-7-14(15)17-12(6)8-16-9-13(10(2)3)11(4)5;1-4-10(14)18-7-13(17,8-19-11(15)5-2)9-20-12(16)6-3;1-4-6-12-13-7-10(11)8-14-15-9(3)5-2/h5-8H,1-4,9-12H2;7,12-13H,1-2,4,8-9H2,3,5-6H3;4-6,17H,1-3,7-9H2;4,10-11H,1-2,6-8H2,3H3. The van der Waals surface area contributed by atoms with Gasteiger partial charge in [0.05, 0.1) is 13.2 Å². The molecule has 0 saturated heterocycles. The van der Waals surface area contributed by atoms with E-state index in [1.54, 1.807) is 13.8 Å². The van der Waals surface area contributed by atoms with Gasteiger partial charge in [-0.3, -0.25) is 0 Å². The van der Waals surface area contributed by atoms with Crippen LogP contribution in [0.25, 0.3) is 0 Å². The number of carbonyl (C=O) groups excluding carboxylic acids is 8. The van der Waals surface area contributed by atoms with Gasteiger partial charge in [0.15, 0.2) is 11.4 Å². The van der Waals surface area contributed by atoms with Gasteiger partial charge in [-0.15, -0.1) is 6.58 Å². The Morgan fingerprint density at radius 1 is 0.494 bits per heavy atom. The molecule has 0 heterocycles. The highest BCUT2D eigenvalue weighted by molar-refractivity contribution is 5.84. The van der Waals surface area contributed by atoms with Crippen LogP contribution in [0.15, 0.2) is 156 Å². The Hall–Kier alpha value is -8.02. The molecule has 0 aromatic heterocycles. The van der Waals surface area contributed by atoms with Gasteiger partial charge in [0.2, 0.25) is 0 Å². The molecule has 23 heteroatoms. The number of carbonyl (C=O) groups is 8. The average molecular weight is 1090 g/mol. The molecular weight excluding hydrogens is 1020 g/mol. The fourth-order valence-electron chi connectivity index (χ4n) is 4.14. The van der Waals surface area contributed by atoms with E-state index in [1.165, 1.54) is 6.08 Å². The molecule has 2 atom stereocenters. The van der Waals surface area contributed by atoms with Crippen LogP contribution in [0.3, 0.4) is 0 Å². The van der Waals surface area contributed by atoms with E-state index in [0.29, 0.717) is 19.0 Å². The first-order chi connectivity index (χ1) is 36.3.